The molecule has 1 heteroatoms. The molecule has 0 amide bonds. The Hall–Kier alpha value is -4.88. The normalized spacial score (nSPS) is 21.4. The molecule has 264 valence electrons. The van der Waals surface area contributed by atoms with Gasteiger partial charge in [-0.2, -0.15) is 0 Å². The van der Waals surface area contributed by atoms with Crippen molar-refractivity contribution < 1.29 is 0 Å². The minimum Gasteiger partial charge on any atom is -0.310 e. The van der Waals surface area contributed by atoms with Crippen LogP contribution in [0.25, 0.3) is 33.4 Å². The molecule has 3 atom stereocenters. The standard InChI is InChI=1S/C52H51N/c1-52(2)50-34-45(29-30-47(50)48-18-10-17-46(51(48)52)39-23-21-38(22-24-39)36-11-5-3-6-12-36)53(44-16-9-15-41(33-44)37-13-7-4-8-14-37)43-27-25-40(26-28-43)49-32-35-19-20-42(49)31-35/h3,5-6,9-12,15-18,21-30,33-35,37,42,49H,4,7-8,13-14,19-20,31-32H2,1-2H3. The van der Waals surface area contributed by atoms with Crippen LogP contribution in [-0.4, -0.2) is 0 Å². The Morgan fingerprint density at radius 3 is 1.94 bits per heavy atom. The first-order valence-corrected chi connectivity index (χ1v) is 20.5. The molecule has 0 aromatic heterocycles. The van der Waals surface area contributed by atoms with Crippen LogP contribution in [0, 0.1) is 11.8 Å². The highest BCUT2D eigenvalue weighted by Gasteiger charge is 2.40. The van der Waals surface area contributed by atoms with E-state index in [-0.39, 0.29) is 5.41 Å². The number of fused-ring (bicyclic) bond motifs is 5. The SMILES string of the molecule is CC1(C)c2cc(N(c3ccc(C4CC5CCC4C5)cc3)c3cccc(C4CCCCC4)c3)ccc2-c2cccc(-c3ccc(-c4ccccc4)cc3)c21. The van der Waals surface area contributed by atoms with Crippen LogP contribution in [0.2, 0.25) is 0 Å². The second-order valence-electron chi connectivity index (χ2n) is 17.2. The predicted molar refractivity (Wildman–Crippen MR) is 224 cm³/mol. The lowest BCUT2D eigenvalue weighted by atomic mass is 9.78. The van der Waals surface area contributed by atoms with Gasteiger partial charge in [0.05, 0.1) is 0 Å². The van der Waals surface area contributed by atoms with Gasteiger partial charge < -0.3 is 4.90 Å². The maximum absolute atomic E-state index is 2.54. The predicted octanol–water partition coefficient (Wildman–Crippen LogP) is 14.7. The Labute approximate surface area is 316 Å². The van der Waals surface area contributed by atoms with Crippen LogP contribution in [0.4, 0.5) is 17.1 Å². The molecule has 3 fully saturated rings. The molecule has 0 radical (unpaired) electrons. The molecule has 0 spiro atoms. The molecule has 4 aliphatic rings. The van der Waals surface area contributed by atoms with E-state index in [9.17, 15) is 0 Å². The second-order valence-corrected chi connectivity index (χ2v) is 17.2. The smallest absolute Gasteiger partial charge is 0.0465 e. The van der Waals surface area contributed by atoms with Gasteiger partial charge >= 0.3 is 0 Å². The van der Waals surface area contributed by atoms with E-state index in [0.717, 1.165) is 17.8 Å². The quantitative estimate of drug-likeness (QED) is 0.161. The minimum atomic E-state index is -0.156. The average molecular weight is 690 g/mol. The van der Waals surface area contributed by atoms with Crippen molar-refractivity contribution >= 4 is 17.1 Å². The van der Waals surface area contributed by atoms with Crippen molar-refractivity contribution in [3.8, 4) is 33.4 Å². The lowest BCUT2D eigenvalue weighted by Crippen LogP contribution is -2.18. The van der Waals surface area contributed by atoms with Gasteiger partial charge in [-0.15, -0.1) is 0 Å². The van der Waals surface area contributed by atoms with Crippen LogP contribution in [-0.2, 0) is 5.41 Å². The molecule has 53 heavy (non-hydrogen) atoms. The zero-order valence-electron chi connectivity index (χ0n) is 31.4. The van der Waals surface area contributed by atoms with E-state index in [0.29, 0.717) is 5.92 Å². The summed E-state index contributed by atoms with van der Waals surface area (Å²) in [7, 11) is 0. The number of hydrogen-bond donors (Lipinski definition) is 0. The van der Waals surface area contributed by atoms with Gasteiger partial charge in [-0.05, 0) is 148 Å². The van der Waals surface area contributed by atoms with Crippen molar-refractivity contribution in [3.63, 3.8) is 0 Å². The molecule has 2 bridgehead atoms. The van der Waals surface area contributed by atoms with E-state index in [1.165, 1.54) is 125 Å². The third-order valence-corrected chi connectivity index (χ3v) is 13.7. The summed E-state index contributed by atoms with van der Waals surface area (Å²) in [5.41, 5.74) is 17.3. The van der Waals surface area contributed by atoms with Gasteiger partial charge in [0.2, 0.25) is 0 Å². The van der Waals surface area contributed by atoms with E-state index in [2.05, 4.69) is 158 Å². The van der Waals surface area contributed by atoms with Gasteiger partial charge in [0.15, 0.2) is 0 Å². The van der Waals surface area contributed by atoms with Crippen molar-refractivity contribution in [3.05, 3.63) is 162 Å². The zero-order valence-corrected chi connectivity index (χ0v) is 31.4. The van der Waals surface area contributed by atoms with Gasteiger partial charge in [0.1, 0.15) is 0 Å². The Morgan fingerprint density at radius 2 is 1.19 bits per heavy atom. The summed E-state index contributed by atoms with van der Waals surface area (Å²) in [4.78, 5) is 2.54. The Bertz CT molecular complexity index is 2250. The van der Waals surface area contributed by atoms with Crippen LogP contribution in [0.1, 0.15) is 106 Å². The van der Waals surface area contributed by atoms with Crippen LogP contribution >= 0.6 is 0 Å². The monoisotopic (exact) mass is 689 g/mol. The molecule has 6 aromatic rings. The van der Waals surface area contributed by atoms with Crippen LogP contribution in [0.5, 0.6) is 0 Å². The Morgan fingerprint density at radius 1 is 0.491 bits per heavy atom. The van der Waals surface area contributed by atoms with E-state index in [1.807, 2.05) is 0 Å². The molecule has 3 unspecified atom stereocenters. The van der Waals surface area contributed by atoms with E-state index >= 15 is 0 Å². The highest BCUT2D eigenvalue weighted by atomic mass is 15.1. The Kier molecular flexibility index (Phi) is 8.16. The highest BCUT2D eigenvalue weighted by Crippen LogP contribution is 2.55. The minimum absolute atomic E-state index is 0.156. The molecule has 0 aliphatic heterocycles. The number of hydrogen-bond acceptors (Lipinski definition) is 1. The van der Waals surface area contributed by atoms with E-state index in [4.69, 9.17) is 0 Å². The van der Waals surface area contributed by atoms with Crippen molar-refractivity contribution in [1.82, 2.24) is 0 Å². The first-order valence-electron chi connectivity index (χ1n) is 20.5. The third kappa shape index (κ3) is 5.75. The maximum atomic E-state index is 2.54. The largest absolute Gasteiger partial charge is 0.310 e. The highest BCUT2D eigenvalue weighted by molar-refractivity contribution is 5.90. The summed E-state index contributed by atoms with van der Waals surface area (Å²) in [6, 6.07) is 53.3. The van der Waals surface area contributed by atoms with Gasteiger partial charge in [0.25, 0.3) is 0 Å². The maximum Gasteiger partial charge on any atom is 0.0465 e. The molecular formula is C52H51N. The van der Waals surface area contributed by atoms with Gasteiger partial charge in [0, 0.05) is 22.5 Å². The molecule has 0 N–H and O–H groups in total. The fraction of sp³-hybridized carbons (Fsp3) is 0.308. The first kappa shape index (κ1) is 32.7. The topological polar surface area (TPSA) is 3.24 Å². The lowest BCUT2D eigenvalue weighted by Gasteiger charge is -2.30. The second kappa shape index (κ2) is 13.2. The molecule has 0 saturated heterocycles. The number of rotatable bonds is 7. The van der Waals surface area contributed by atoms with E-state index < -0.39 is 0 Å². The van der Waals surface area contributed by atoms with Crippen molar-refractivity contribution in [1.29, 1.82) is 0 Å². The summed E-state index contributed by atoms with van der Waals surface area (Å²) >= 11 is 0. The lowest BCUT2D eigenvalue weighted by molar-refractivity contribution is 0.420. The summed E-state index contributed by atoms with van der Waals surface area (Å²) in [6.07, 6.45) is 12.4. The molecule has 0 heterocycles. The zero-order chi connectivity index (χ0) is 35.5. The average Bonchev–Trinajstić information content (AvgIpc) is 3.92. The van der Waals surface area contributed by atoms with Crippen LogP contribution < -0.4 is 4.90 Å². The molecule has 1 nitrogen and oxygen atoms in total. The fourth-order valence-corrected chi connectivity index (χ4v) is 11.0. The fourth-order valence-electron chi connectivity index (χ4n) is 11.0. The third-order valence-electron chi connectivity index (χ3n) is 13.7. The summed E-state index contributed by atoms with van der Waals surface area (Å²) < 4.78 is 0. The molecule has 10 rings (SSSR count). The first-order chi connectivity index (χ1) is 26.0. The van der Waals surface area contributed by atoms with Crippen molar-refractivity contribution in [2.24, 2.45) is 11.8 Å². The van der Waals surface area contributed by atoms with Gasteiger partial charge in [-0.25, -0.2) is 0 Å². The molecule has 6 aromatic carbocycles. The number of benzene rings is 6. The molecule has 4 aliphatic carbocycles. The van der Waals surface area contributed by atoms with Crippen LogP contribution in [0.3, 0.4) is 0 Å². The van der Waals surface area contributed by atoms with Crippen LogP contribution in [0.15, 0.2) is 140 Å². The van der Waals surface area contributed by atoms with Crippen molar-refractivity contribution in [2.45, 2.75) is 88.9 Å². The summed E-state index contributed by atoms with van der Waals surface area (Å²) in [6.45, 7) is 4.86. The molecule has 3 saturated carbocycles. The summed E-state index contributed by atoms with van der Waals surface area (Å²) in [5.74, 6) is 3.26. The van der Waals surface area contributed by atoms with Gasteiger partial charge in [-0.3, -0.25) is 0 Å². The van der Waals surface area contributed by atoms with E-state index in [1.54, 1.807) is 5.56 Å². The number of anilines is 3. The van der Waals surface area contributed by atoms with Crippen molar-refractivity contribution in [2.75, 3.05) is 4.90 Å². The van der Waals surface area contributed by atoms with Gasteiger partial charge in [-0.1, -0.05) is 143 Å². The molecular weight excluding hydrogens is 639 g/mol. The summed E-state index contributed by atoms with van der Waals surface area (Å²) in [5, 5.41) is 0. The number of nitrogens with zero attached hydrogens (tertiary/aromatic N) is 1. The Balaban J connectivity index is 1.04.